The van der Waals surface area contributed by atoms with Gasteiger partial charge in [0.2, 0.25) is 10.0 Å². The molecule has 0 bridgehead atoms. The van der Waals surface area contributed by atoms with E-state index < -0.39 is 31.7 Å². The van der Waals surface area contributed by atoms with Crippen molar-refractivity contribution in [1.82, 2.24) is 4.31 Å². The average molecular weight is 455 g/mol. The van der Waals surface area contributed by atoms with Gasteiger partial charge in [0, 0.05) is 0 Å². The van der Waals surface area contributed by atoms with Crippen LogP contribution in [0.2, 0.25) is 0 Å². The first-order valence-corrected chi connectivity index (χ1v) is 11.8. The Morgan fingerprint density at radius 1 is 1.03 bits per heavy atom. The second kappa shape index (κ2) is 9.18. The summed E-state index contributed by atoms with van der Waals surface area (Å²) in [4.78, 5) is 12.0. The molecule has 2 aromatic rings. The van der Waals surface area contributed by atoms with E-state index >= 15 is 0 Å². The highest BCUT2D eigenvalue weighted by Gasteiger charge is 2.30. The van der Waals surface area contributed by atoms with Crippen molar-refractivity contribution in [3.8, 4) is 5.75 Å². The lowest BCUT2D eigenvalue weighted by Crippen LogP contribution is -2.33. The quantitative estimate of drug-likeness (QED) is 0.454. The SMILES string of the molecule is C=C(C(=O)OC)N(Cc1ccccc1NS(C)(=O)=O)S(=O)(=O)c1ccc(OC)cc1. The van der Waals surface area contributed by atoms with Crippen LogP contribution in [-0.4, -0.2) is 47.6 Å². The first-order valence-electron chi connectivity index (χ1n) is 8.49. The molecule has 0 saturated carbocycles. The third-order valence-corrected chi connectivity index (χ3v) is 6.38. The van der Waals surface area contributed by atoms with Gasteiger partial charge >= 0.3 is 5.97 Å². The van der Waals surface area contributed by atoms with Crippen LogP contribution >= 0.6 is 0 Å². The largest absolute Gasteiger partial charge is 0.497 e. The second-order valence-corrected chi connectivity index (χ2v) is 9.77. The van der Waals surface area contributed by atoms with Crippen molar-refractivity contribution in [3.63, 3.8) is 0 Å². The van der Waals surface area contributed by atoms with Crippen LogP contribution in [-0.2, 0) is 36.1 Å². The molecule has 0 radical (unpaired) electrons. The van der Waals surface area contributed by atoms with Gasteiger partial charge in [-0.3, -0.25) is 9.03 Å². The van der Waals surface area contributed by atoms with Gasteiger partial charge in [-0.2, -0.15) is 0 Å². The Bertz CT molecular complexity index is 1140. The number of carbonyl (C=O) groups is 1. The van der Waals surface area contributed by atoms with E-state index in [4.69, 9.17) is 4.74 Å². The first kappa shape index (κ1) is 23.2. The highest BCUT2D eigenvalue weighted by atomic mass is 32.2. The molecule has 0 unspecified atom stereocenters. The van der Waals surface area contributed by atoms with Gasteiger partial charge in [0.05, 0.1) is 37.6 Å². The number of hydrogen-bond donors (Lipinski definition) is 1. The number of para-hydroxylation sites is 1. The van der Waals surface area contributed by atoms with Crippen molar-refractivity contribution in [2.45, 2.75) is 11.4 Å². The fourth-order valence-corrected chi connectivity index (χ4v) is 4.54. The molecular formula is C19H22N2O7S2. The number of benzene rings is 2. The number of methoxy groups -OCH3 is 2. The summed E-state index contributed by atoms with van der Waals surface area (Å²) in [7, 11) is -5.31. The molecule has 0 aliphatic heterocycles. The Balaban J connectivity index is 2.54. The second-order valence-electron chi connectivity index (χ2n) is 6.16. The van der Waals surface area contributed by atoms with E-state index in [2.05, 4.69) is 16.0 Å². The molecule has 0 fully saturated rings. The molecule has 0 aliphatic rings. The van der Waals surface area contributed by atoms with Crippen LogP contribution in [0.1, 0.15) is 5.56 Å². The summed E-state index contributed by atoms with van der Waals surface area (Å²) >= 11 is 0. The zero-order chi connectivity index (χ0) is 22.5. The Labute approximate surface area is 176 Å². The zero-order valence-electron chi connectivity index (χ0n) is 16.7. The topological polar surface area (TPSA) is 119 Å². The van der Waals surface area contributed by atoms with Gasteiger partial charge in [-0.15, -0.1) is 0 Å². The van der Waals surface area contributed by atoms with E-state index in [9.17, 15) is 21.6 Å². The standard InChI is InChI=1S/C19H22N2O7S2/c1-14(19(22)28-3)21(30(25,26)17-11-9-16(27-2)10-12-17)13-15-7-5-6-8-18(15)20-29(4,23)24/h5-12,20H,1,13H2,2-4H3. The number of sulfonamides is 2. The van der Waals surface area contributed by atoms with E-state index in [0.717, 1.165) is 17.7 Å². The lowest BCUT2D eigenvalue weighted by Gasteiger charge is -2.26. The predicted octanol–water partition coefficient (Wildman–Crippen LogP) is 1.94. The Morgan fingerprint density at radius 2 is 1.63 bits per heavy atom. The number of esters is 1. The lowest BCUT2D eigenvalue weighted by molar-refractivity contribution is -0.137. The number of carbonyl (C=O) groups excluding carboxylic acids is 1. The summed E-state index contributed by atoms with van der Waals surface area (Å²) in [6.45, 7) is 3.20. The molecule has 162 valence electrons. The Hall–Kier alpha value is -3.05. The first-order chi connectivity index (χ1) is 14.0. The summed E-state index contributed by atoms with van der Waals surface area (Å²) in [6, 6.07) is 11.8. The summed E-state index contributed by atoms with van der Waals surface area (Å²) in [6.07, 6.45) is 0.975. The Kier molecular flexibility index (Phi) is 7.11. The van der Waals surface area contributed by atoms with Gasteiger partial charge in [0.15, 0.2) is 0 Å². The molecular weight excluding hydrogens is 432 g/mol. The minimum Gasteiger partial charge on any atom is -0.497 e. The third-order valence-electron chi connectivity index (χ3n) is 4.00. The zero-order valence-corrected chi connectivity index (χ0v) is 18.3. The third kappa shape index (κ3) is 5.51. The molecule has 0 aliphatic carbocycles. The lowest BCUT2D eigenvalue weighted by atomic mass is 10.2. The smallest absolute Gasteiger partial charge is 0.354 e. The van der Waals surface area contributed by atoms with Crippen LogP contribution in [0, 0.1) is 0 Å². The molecule has 0 saturated heterocycles. The van der Waals surface area contributed by atoms with Gasteiger partial charge in [-0.05, 0) is 35.9 Å². The fraction of sp³-hybridized carbons (Fsp3) is 0.211. The maximum atomic E-state index is 13.3. The maximum absolute atomic E-state index is 13.3. The van der Waals surface area contributed by atoms with Crippen molar-refractivity contribution >= 4 is 31.7 Å². The van der Waals surface area contributed by atoms with Gasteiger partial charge in [-0.1, -0.05) is 24.8 Å². The number of rotatable bonds is 9. The molecule has 0 aromatic heterocycles. The van der Waals surface area contributed by atoms with E-state index in [1.807, 2.05) is 0 Å². The number of ether oxygens (including phenoxy) is 2. The molecule has 2 aromatic carbocycles. The molecule has 0 spiro atoms. The van der Waals surface area contributed by atoms with Crippen LogP contribution < -0.4 is 9.46 Å². The monoisotopic (exact) mass is 454 g/mol. The van der Waals surface area contributed by atoms with Crippen LogP contribution in [0.4, 0.5) is 5.69 Å². The Morgan fingerprint density at radius 3 is 2.17 bits per heavy atom. The van der Waals surface area contributed by atoms with E-state index in [0.29, 0.717) is 11.3 Å². The number of anilines is 1. The van der Waals surface area contributed by atoms with Crippen LogP contribution in [0.5, 0.6) is 5.75 Å². The maximum Gasteiger partial charge on any atom is 0.354 e. The van der Waals surface area contributed by atoms with Crippen LogP contribution in [0.15, 0.2) is 65.7 Å². The number of nitrogens with one attached hydrogen (secondary N) is 1. The molecule has 9 nitrogen and oxygen atoms in total. The van der Waals surface area contributed by atoms with Gasteiger partial charge in [0.1, 0.15) is 11.4 Å². The molecule has 0 heterocycles. The molecule has 0 atom stereocenters. The summed E-state index contributed by atoms with van der Waals surface area (Å²) in [5.74, 6) is -0.490. The molecule has 0 amide bonds. The van der Waals surface area contributed by atoms with Crippen molar-refractivity contribution in [1.29, 1.82) is 0 Å². The van der Waals surface area contributed by atoms with Gasteiger partial charge in [0.25, 0.3) is 10.0 Å². The van der Waals surface area contributed by atoms with Crippen LogP contribution in [0.3, 0.4) is 0 Å². The molecule has 11 heteroatoms. The summed E-state index contributed by atoms with van der Waals surface area (Å²) in [5, 5.41) is 0. The minimum atomic E-state index is -4.24. The van der Waals surface area contributed by atoms with Gasteiger partial charge in [-0.25, -0.2) is 21.6 Å². The van der Waals surface area contributed by atoms with E-state index in [1.165, 1.54) is 43.5 Å². The normalized spacial score (nSPS) is 11.4. The number of hydrogen-bond acceptors (Lipinski definition) is 7. The summed E-state index contributed by atoms with van der Waals surface area (Å²) < 4.78 is 62.6. The molecule has 1 N–H and O–H groups in total. The highest BCUT2D eigenvalue weighted by Crippen LogP contribution is 2.27. The number of nitrogens with zero attached hydrogens (tertiary/aromatic N) is 1. The minimum absolute atomic E-state index is 0.109. The van der Waals surface area contributed by atoms with E-state index in [1.54, 1.807) is 12.1 Å². The van der Waals surface area contributed by atoms with Crippen molar-refractivity contribution in [2.75, 3.05) is 25.2 Å². The predicted molar refractivity (Wildman–Crippen MR) is 112 cm³/mol. The van der Waals surface area contributed by atoms with Crippen molar-refractivity contribution in [2.24, 2.45) is 0 Å². The van der Waals surface area contributed by atoms with Crippen LogP contribution in [0.25, 0.3) is 0 Å². The van der Waals surface area contributed by atoms with Crippen molar-refractivity contribution in [3.05, 3.63) is 66.4 Å². The summed E-state index contributed by atoms with van der Waals surface area (Å²) in [5.41, 5.74) is 0.0557. The van der Waals surface area contributed by atoms with Gasteiger partial charge < -0.3 is 9.47 Å². The fourth-order valence-electron chi connectivity index (χ4n) is 2.53. The highest BCUT2D eigenvalue weighted by molar-refractivity contribution is 7.92. The molecule has 2 rings (SSSR count). The average Bonchev–Trinajstić information content (AvgIpc) is 2.70. The molecule has 30 heavy (non-hydrogen) atoms. The van der Waals surface area contributed by atoms with E-state index in [-0.39, 0.29) is 17.1 Å². The van der Waals surface area contributed by atoms with Crippen molar-refractivity contribution < 1.29 is 31.1 Å².